The van der Waals surface area contributed by atoms with E-state index in [0.717, 1.165) is 12.1 Å². The molecular formula is C16H19N. The number of benzene rings is 1. The third kappa shape index (κ3) is 3.16. The fourth-order valence-electron chi connectivity index (χ4n) is 1.94. The van der Waals surface area contributed by atoms with Crippen LogP contribution in [-0.2, 0) is 6.42 Å². The van der Waals surface area contributed by atoms with Crippen LogP contribution >= 0.6 is 0 Å². The summed E-state index contributed by atoms with van der Waals surface area (Å²) in [7, 11) is 0. The molecule has 0 amide bonds. The van der Waals surface area contributed by atoms with E-state index in [1.165, 1.54) is 16.7 Å². The minimum Gasteiger partial charge on any atom is -0.261 e. The van der Waals surface area contributed by atoms with E-state index in [0.29, 0.717) is 5.92 Å². The molecule has 0 fully saturated rings. The van der Waals surface area contributed by atoms with Crippen LogP contribution < -0.4 is 0 Å². The Kier molecular flexibility index (Phi) is 3.58. The van der Waals surface area contributed by atoms with Gasteiger partial charge in [-0.2, -0.15) is 0 Å². The Hall–Kier alpha value is -1.63. The van der Waals surface area contributed by atoms with Gasteiger partial charge < -0.3 is 0 Å². The molecule has 2 rings (SSSR count). The average Bonchev–Trinajstić information content (AvgIpc) is 2.30. The molecule has 2 aromatic rings. The molecule has 1 aromatic carbocycles. The maximum Gasteiger partial charge on any atom is 0.0373 e. The Balaban J connectivity index is 2.20. The molecule has 0 atom stereocenters. The second-order valence-corrected chi connectivity index (χ2v) is 4.98. The second-order valence-electron chi connectivity index (χ2n) is 4.98. The van der Waals surface area contributed by atoms with Gasteiger partial charge in [0.25, 0.3) is 0 Å². The van der Waals surface area contributed by atoms with Gasteiger partial charge in [0.05, 0.1) is 0 Å². The van der Waals surface area contributed by atoms with Gasteiger partial charge in [0.1, 0.15) is 0 Å². The molecule has 88 valence electrons. The Morgan fingerprint density at radius 1 is 0.941 bits per heavy atom. The largest absolute Gasteiger partial charge is 0.261 e. The van der Waals surface area contributed by atoms with Crippen LogP contribution in [-0.4, -0.2) is 4.98 Å². The number of aromatic nitrogens is 1. The van der Waals surface area contributed by atoms with Crippen LogP contribution in [0.5, 0.6) is 0 Å². The summed E-state index contributed by atoms with van der Waals surface area (Å²) in [5.41, 5.74) is 4.89. The van der Waals surface area contributed by atoms with Crippen molar-refractivity contribution in [1.29, 1.82) is 0 Å². The smallest absolute Gasteiger partial charge is 0.0373 e. The summed E-state index contributed by atoms with van der Waals surface area (Å²) in [6.07, 6.45) is 3.08. The number of hydrogen-bond donors (Lipinski definition) is 0. The van der Waals surface area contributed by atoms with Crippen LogP contribution in [0, 0.1) is 12.8 Å². The SMILES string of the molecule is Cc1ccc(-c2ccc(CC(C)C)cc2)cn1. The first-order chi connectivity index (χ1) is 8.15. The van der Waals surface area contributed by atoms with Crippen molar-refractivity contribution in [3.8, 4) is 11.1 Å². The highest BCUT2D eigenvalue weighted by Crippen LogP contribution is 2.20. The van der Waals surface area contributed by atoms with Crippen LogP contribution in [0.4, 0.5) is 0 Å². The third-order valence-corrected chi connectivity index (χ3v) is 2.84. The van der Waals surface area contributed by atoms with Crippen molar-refractivity contribution in [3.63, 3.8) is 0 Å². The summed E-state index contributed by atoms with van der Waals surface area (Å²) < 4.78 is 0. The van der Waals surface area contributed by atoms with E-state index in [2.05, 4.69) is 55.2 Å². The van der Waals surface area contributed by atoms with Crippen LogP contribution in [0.3, 0.4) is 0 Å². The van der Waals surface area contributed by atoms with E-state index in [-0.39, 0.29) is 0 Å². The highest BCUT2D eigenvalue weighted by Gasteiger charge is 2.00. The standard InChI is InChI=1S/C16H19N/c1-12(2)10-14-5-8-15(9-6-14)16-7-4-13(3)17-11-16/h4-9,11-12H,10H2,1-3H3. The summed E-state index contributed by atoms with van der Waals surface area (Å²) in [4.78, 5) is 4.33. The average molecular weight is 225 g/mol. The van der Waals surface area contributed by atoms with E-state index >= 15 is 0 Å². The van der Waals surface area contributed by atoms with E-state index < -0.39 is 0 Å². The minimum absolute atomic E-state index is 0.710. The number of aryl methyl sites for hydroxylation is 1. The molecule has 0 saturated carbocycles. The first-order valence-electron chi connectivity index (χ1n) is 6.17. The van der Waals surface area contributed by atoms with Gasteiger partial charge in [-0.05, 0) is 36.5 Å². The van der Waals surface area contributed by atoms with Crippen molar-refractivity contribution >= 4 is 0 Å². The first-order valence-corrected chi connectivity index (χ1v) is 6.17. The van der Waals surface area contributed by atoms with Crippen LogP contribution in [0.2, 0.25) is 0 Å². The fraction of sp³-hybridized carbons (Fsp3) is 0.312. The normalized spacial score (nSPS) is 10.8. The Labute approximate surface area is 104 Å². The molecule has 0 spiro atoms. The maximum atomic E-state index is 4.33. The zero-order chi connectivity index (χ0) is 12.3. The van der Waals surface area contributed by atoms with Gasteiger partial charge in [-0.15, -0.1) is 0 Å². The van der Waals surface area contributed by atoms with Gasteiger partial charge in [-0.1, -0.05) is 44.2 Å². The molecule has 1 heterocycles. The molecule has 1 nitrogen and oxygen atoms in total. The van der Waals surface area contributed by atoms with Gasteiger partial charge in [-0.3, -0.25) is 4.98 Å². The van der Waals surface area contributed by atoms with E-state index in [4.69, 9.17) is 0 Å². The topological polar surface area (TPSA) is 12.9 Å². The Morgan fingerprint density at radius 2 is 1.59 bits per heavy atom. The highest BCUT2D eigenvalue weighted by atomic mass is 14.7. The predicted octanol–water partition coefficient (Wildman–Crippen LogP) is 4.26. The van der Waals surface area contributed by atoms with E-state index in [1.807, 2.05) is 13.1 Å². The molecule has 17 heavy (non-hydrogen) atoms. The molecular weight excluding hydrogens is 206 g/mol. The molecule has 1 heteroatoms. The zero-order valence-corrected chi connectivity index (χ0v) is 10.8. The first kappa shape index (κ1) is 11.8. The lowest BCUT2D eigenvalue weighted by Crippen LogP contribution is -1.93. The van der Waals surface area contributed by atoms with Crippen molar-refractivity contribution in [2.45, 2.75) is 27.2 Å². The lowest BCUT2D eigenvalue weighted by molar-refractivity contribution is 0.647. The summed E-state index contributed by atoms with van der Waals surface area (Å²) in [6, 6.07) is 13.0. The molecule has 0 N–H and O–H groups in total. The van der Waals surface area contributed by atoms with Crippen LogP contribution in [0.1, 0.15) is 25.1 Å². The third-order valence-electron chi connectivity index (χ3n) is 2.84. The summed E-state index contributed by atoms with van der Waals surface area (Å²) in [6.45, 7) is 6.51. The number of pyridine rings is 1. The summed E-state index contributed by atoms with van der Waals surface area (Å²) in [5, 5.41) is 0. The molecule has 0 aliphatic carbocycles. The quantitative estimate of drug-likeness (QED) is 0.760. The molecule has 0 bridgehead atoms. The fourth-order valence-corrected chi connectivity index (χ4v) is 1.94. The van der Waals surface area contributed by atoms with Gasteiger partial charge >= 0.3 is 0 Å². The maximum absolute atomic E-state index is 4.33. The van der Waals surface area contributed by atoms with Crippen molar-refractivity contribution < 1.29 is 0 Å². The zero-order valence-electron chi connectivity index (χ0n) is 10.8. The summed E-state index contributed by atoms with van der Waals surface area (Å²) >= 11 is 0. The van der Waals surface area contributed by atoms with E-state index in [1.54, 1.807) is 0 Å². The lowest BCUT2D eigenvalue weighted by Gasteiger charge is -2.06. The molecule has 1 aromatic heterocycles. The highest BCUT2D eigenvalue weighted by molar-refractivity contribution is 5.62. The van der Waals surface area contributed by atoms with Gasteiger partial charge in [0, 0.05) is 17.5 Å². The van der Waals surface area contributed by atoms with E-state index in [9.17, 15) is 0 Å². The minimum atomic E-state index is 0.710. The van der Waals surface area contributed by atoms with Crippen LogP contribution in [0.15, 0.2) is 42.6 Å². The van der Waals surface area contributed by atoms with Gasteiger partial charge in [-0.25, -0.2) is 0 Å². The second kappa shape index (κ2) is 5.13. The van der Waals surface area contributed by atoms with Crippen molar-refractivity contribution in [2.75, 3.05) is 0 Å². The Bertz CT molecular complexity index is 466. The van der Waals surface area contributed by atoms with Gasteiger partial charge in [0.15, 0.2) is 0 Å². The predicted molar refractivity (Wildman–Crippen MR) is 73.0 cm³/mol. The monoisotopic (exact) mass is 225 g/mol. The molecule has 0 saturated heterocycles. The molecule has 0 aliphatic heterocycles. The van der Waals surface area contributed by atoms with Crippen molar-refractivity contribution in [1.82, 2.24) is 4.98 Å². The van der Waals surface area contributed by atoms with Crippen LogP contribution in [0.25, 0.3) is 11.1 Å². The van der Waals surface area contributed by atoms with Crippen molar-refractivity contribution in [3.05, 3.63) is 53.9 Å². The molecule has 0 aliphatic rings. The molecule has 0 unspecified atom stereocenters. The van der Waals surface area contributed by atoms with Crippen molar-refractivity contribution in [2.24, 2.45) is 5.92 Å². The van der Waals surface area contributed by atoms with Gasteiger partial charge in [0.2, 0.25) is 0 Å². The Morgan fingerprint density at radius 3 is 2.12 bits per heavy atom. The number of rotatable bonds is 3. The number of nitrogens with zero attached hydrogens (tertiary/aromatic N) is 1. The number of hydrogen-bond acceptors (Lipinski definition) is 1. The molecule has 0 radical (unpaired) electrons. The lowest BCUT2D eigenvalue weighted by atomic mass is 10.00. The summed E-state index contributed by atoms with van der Waals surface area (Å²) in [5.74, 6) is 0.710.